The molecule has 0 spiro atoms. The molecule has 2 aromatic heterocycles. The number of rotatable bonds is 3. The fourth-order valence-corrected chi connectivity index (χ4v) is 6.22. The van der Waals surface area contributed by atoms with Gasteiger partial charge in [-0.1, -0.05) is 30.3 Å². The topological polar surface area (TPSA) is 70.5 Å². The van der Waals surface area contributed by atoms with E-state index in [2.05, 4.69) is 39.5 Å². The molecule has 4 heterocycles. The number of fused-ring (bicyclic) bond motifs is 3. The fraction of sp³-hybridized carbons (Fsp3) is 0.500. The monoisotopic (exact) mass is 479 g/mol. The van der Waals surface area contributed by atoms with Crippen LogP contribution in [0.3, 0.4) is 0 Å². The average Bonchev–Trinajstić information content (AvgIpc) is 3.18. The minimum atomic E-state index is -0.274. The zero-order valence-electron chi connectivity index (χ0n) is 20.2. The van der Waals surface area contributed by atoms with Crippen molar-refractivity contribution in [1.82, 2.24) is 24.7 Å². The second-order valence-electron chi connectivity index (χ2n) is 10.5. The number of hydrogen-bond donors (Lipinski definition) is 1. The standard InChI is InChI=1S/C26H33N5O2S/c1-26(2,3)28-25(33)30-14-11-20-21(16-30)34-23-22(20)24(32)31(17-27-23)19-9-12-29(13-10-19)15-18-7-5-4-6-8-18/h4-8,17,19H,9-16H2,1-3H3,(H,28,33). The van der Waals surface area contributed by atoms with Crippen LogP contribution in [0.5, 0.6) is 0 Å². The molecule has 0 bridgehead atoms. The Balaban J connectivity index is 1.31. The Morgan fingerprint density at radius 3 is 2.59 bits per heavy atom. The molecule has 0 aliphatic carbocycles. The highest BCUT2D eigenvalue weighted by Gasteiger charge is 2.29. The van der Waals surface area contributed by atoms with Gasteiger partial charge >= 0.3 is 6.03 Å². The van der Waals surface area contributed by atoms with E-state index in [4.69, 9.17) is 0 Å². The van der Waals surface area contributed by atoms with Crippen LogP contribution in [0, 0.1) is 0 Å². The van der Waals surface area contributed by atoms with Crippen LogP contribution >= 0.6 is 11.3 Å². The lowest BCUT2D eigenvalue weighted by molar-refractivity contribution is 0.177. The van der Waals surface area contributed by atoms with Crippen LogP contribution in [-0.2, 0) is 19.5 Å². The SMILES string of the molecule is CC(C)(C)NC(=O)N1CCc2c(sc3ncn(C4CCN(Cc5ccccc5)CC4)c(=O)c23)C1. The molecular weight excluding hydrogens is 446 g/mol. The number of carbonyl (C=O) groups excluding carboxylic acids is 1. The highest BCUT2D eigenvalue weighted by atomic mass is 32.1. The van der Waals surface area contributed by atoms with Gasteiger partial charge in [0.15, 0.2) is 0 Å². The number of piperidine rings is 1. The smallest absolute Gasteiger partial charge is 0.318 e. The van der Waals surface area contributed by atoms with E-state index in [0.29, 0.717) is 19.5 Å². The Morgan fingerprint density at radius 1 is 1.15 bits per heavy atom. The minimum Gasteiger partial charge on any atom is -0.333 e. The molecule has 34 heavy (non-hydrogen) atoms. The summed E-state index contributed by atoms with van der Waals surface area (Å²) in [6, 6.07) is 10.7. The number of benzene rings is 1. The van der Waals surface area contributed by atoms with Crippen molar-refractivity contribution >= 4 is 27.6 Å². The molecule has 180 valence electrons. The maximum Gasteiger partial charge on any atom is 0.318 e. The van der Waals surface area contributed by atoms with Crippen molar-refractivity contribution in [2.45, 2.75) is 64.7 Å². The molecule has 2 amide bonds. The summed E-state index contributed by atoms with van der Waals surface area (Å²) in [5.41, 5.74) is 2.23. The van der Waals surface area contributed by atoms with Crippen molar-refractivity contribution in [3.05, 3.63) is 63.0 Å². The number of urea groups is 1. The fourth-order valence-electron chi connectivity index (χ4n) is 5.03. The number of nitrogens with zero attached hydrogens (tertiary/aromatic N) is 4. The highest BCUT2D eigenvalue weighted by Crippen LogP contribution is 2.33. The summed E-state index contributed by atoms with van der Waals surface area (Å²) in [7, 11) is 0. The third kappa shape index (κ3) is 4.74. The van der Waals surface area contributed by atoms with Crippen LogP contribution in [0.15, 0.2) is 41.5 Å². The summed E-state index contributed by atoms with van der Waals surface area (Å²) < 4.78 is 1.87. The van der Waals surface area contributed by atoms with Crippen LogP contribution in [0.1, 0.15) is 55.7 Å². The van der Waals surface area contributed by atoms with E-state index in [-0.39, 0.29) is 23.2 Å². The second-order valence-corrected chi connectivity index (χ2v) is 11.6. The molecular formula is C26H33N5O2S. The molecule has 0 radical (unpaired) electrons. The van der Waals surface area contributed by atoms with E-state index in [1.807, 2.05) is 36.3 Å². The van der Waals surface area contributed by atoms with E-state index in [0.717, 1.165) is 53.1 Å². The summed E-state index contributed by atoms with van der Waals surface area (Å²) in [4.78, 5) is 37.1. The highest BCUT2D eigenvalue weighted by molar-refractivity contribution is 7.18. The molecule has 8 heteroatoms. The number of likely N-dealkylation sites (tertiary alicyclic amines) is 1. The minimum absolute atomic E-state index is 0.0526. The molecule has 7 nitrogen and oxygen atoms in total. The van der Waals surface area contributed by atoms with Gasteiger partial charge in [0.05, 0.1) is 18.3 Å². The lowest BCUT2D eigenvalue weighted by atomic mass is 10.0. The lowest BCUT2D eigenvalue weighted by Gasteiger charge is -2.32. The van der Waals surface area contributed by atoms with Crippen molar-refractivity contribution in [2.24, 2.45) is 0 Å². The number of hydrogen-bond acceptors (Lipinski definition) is 5. The van der Waals surface area contributed by atoms with Gasteiger partial charge in [-0.15, -0.1) is 11.3 Å². The molecule has 3 aromatic rings. The third-order valence-corrected chi connectivity index (χ3v) is 7.88. The van der Waals surface area contributed by atoms with Gasteiger partial charge in [-0.05, 0) is 51.2 Å². The Labute approximate surface area is 204 Å². The first-order valence-corrected chi connectivity index (χ1v) is 12.9. The third-order valence-electron chi connectivity index (χ3n) is 6.75. The quantitative estimate of drug-likeness (QED) is 0.612. The zero-order valence-corrected chi connectivity index (χ0v) is 21.0. The molecule has 1 fully saturated rings. The maximum atomic E-state index is 13.6. The van der Waals surface area contributed by atoms with Gasteiger partial charge < -0.3 is 10.2 Å². The van der Waals surface area contributed by atoms with Crippen molar-refractivity contribution in [2.75, 3.05) is 19.6 Å². The molecule has 2 aliphatic rings. The molecule has 2 aliphatic heterocycles. The van der Waals surface area contributed by atoms with Gasteiger partial charge in [0, 0.05) is 42.6 Å². The van der Waals surface area contributed by atoms with E-state index < -0.39 is 0 Å². The number of aromatic nitrogens is 2. The predicted molar refractivity (Wildman–Crippen MR) is 136 cm³/mol. The lowest BCUT2D eigenvalue weighted by Crippen LogP contribution is -2.49. The molecule has 0 saturated carbocycles. The predicted octanol–water partition coefficient (Wildman–Crippen LogP) is 4.16. The van der Waals surface area contributed by atoms with E-state index in [9.17, 15) is 9.59 Å². The van der Waals surface area contributed by atoms with Crippen molar-refractivity contribution in [3.63, 3.8) is 0 Å². The van der Waals surface area contributed by atoms with Crippen LogP contribution in [-0.4, -0.2) is 50.6 Å². The van der Waals surface area contributed by atoms with Gasteiger partial charge in [-0.2, -0.15) is 0 Å². The Hall–Kier alpha value is -2.71. The molecule has 1 aromatic carbocycles. The van der Waals surface area contributed by atoms with Gasteiger partial charge in [0.1, 0.15) is 4.83 Å². The van der Waals surface area contributed by atoms with Crippen molar-refractivity contribution in [3.8, 4) is 0 Å². The Morgan fingerprint density at radius 2 is 1.88 bits per heavy atom. The summed E-state index contributed by atoms with van der Waals surface area (Å²) in [5, 5.41) is 3.81. The molecule has 1 N–H and O–H groups in total. The van der Waals surface area contributed by atoms with Crippen LogP contribution in [0.4, 0.5) is 4.79 Å². The summed E-state index contributed by atoms with van der Waals surface area (Å²) >= 11 is 1.56. The first-order valence-electron chi connectivity index (χ1n) is 12.1. The summed E-state index contributed by atoms with van der Waals surface area (Å²) in [5.74, 6) is 0. The Bertz CT molecular complexity index is 1240. The van der Waals surface area contributed by atoms with Gasteiger partial charge in [0.2, 0.25) is 0 Å². The Kier molecular flexibility index (Phi) is 6.20. The van der Waals surface area contributed by atoms with Gasteiger partial charge in [-0.3, -0.25) is 14.3 Å². The molecule has 5 rings (SSSR count). The molecule has 0 unspecified atom stereocenters. The normalized spacial score (nSPS) is 17.7. The van der Waals surface area contributed by atoms with Crippen molar-refractivity contribution in [1.29, 1.82) is 0 Å². The van der Waals surface area contributed by atoms with E-state index >= 15 is 0 Å². The first kappa shape index (κ1) is 23.1. The number of amides is 2. The van der Waals surface area contributed by atoms with E-state index in [1.165, 1.54) is 5.56 Å². The number of thiophene rings is 1. The number of carbonyl (C=O) groups is 1. The van der Waals surface area contributed by atoms with Gasteiger partial charge in [0.25, 0.3) is 5.56 Å². The zero-order chi connectivity index (χ0) is 23.9. The van der Waals surface area contributed by atoms with Crippen molar-refractivity contribution < 1.29 is 4.79 Å². The van der Waals surface area contributed by atoms with Crippen LogP contribution < -0.4 is 10.9 Å². The van der Waals surface area contributed by atoms with Crippen LogP contribution in [0.2, 0.25) is 0 Å². The average molecular weight is 480 g/mol. The molecule has 0 atom stereocenters. The maximum absolute atomic E-state index is 13.6. The largest absolute Gasteiger partial charge is 0.333 e. The summed E-state index contributed by atoms with van der Waals surface area (Å²) in [6.45, 7) is 10.0. The second kappa shape index (κ2) is 9.15. The van der Waals surface area contributed by atoms with E-state index in [1.54, 1.807) is 17.7 Å². The first-order chi connectivity index (χ1) is 16.3. The number of nitrogens with one attached hydrogen (secondary N) is 1. The van der Waals surface area contributed by atoms with Crippen LogP contribution in [0.25, 0.3) is 10.2 Å². The summed E-state index contributed by atoms with van der Waals surface area (Å²) in [6.07, 6.45) is 4.34. The van der Waals surface area contributed by atoms with Gasteiger partial charge in [-0.25, -0.2) is 9.78 Å². The molecule has 1 saturated heterocycles.